The third-order valence-corrected chi connectivity index (χ3v) is 5.86. The molecule has 0 spiro atoms. The molecule has 2 heteroatoms. The van der Waals surface area contributed by atoms with E-state index in [9.17, 15) is 0 Å². The summed E-state index contributed by atoms with van der Waals surface area (Å²) in [6.45, 7) is 0. The van der Waals surface area contributed by atoms with Crippen molar-refractivity contribution in [1.82, 2.24) is 0 Å². The number of hydrogen-bond donors (Lipinski definition) is 1. The van der Waals surface area contributed by atoms with Gasteiger partial charge >= 0.3 is 0 Å². The van der Waals surface area contributed by atoms with Crippen LogP contribution in [-0.4, -0.2) is 0 Å². The largest absolute Gasteiger partial charge is 0.355 e. The first-order valence-electron chi connectivity index (χ1n) is 8.72. The van der Waals surface area contributed by atoms with Crippen LogP contribution in [0.25, 0.3) is 31.3 Å². The van der Waals surface area contributed by atoms with E-state index < -0.39 is 0 Å². The Morgan fingerprint density at radius 1 is 0.615 bits per heavy atom. The molecule has 0 radical (unpaired) electrons. The zero-order chi connectivity index (χ0) is 17.3. The average Bonchev–Trinajstić information content (AvgIpc) is 3.09. The van der Waals surface area contributed by atoms with Crippen LogP contribution in [0.2, 0.25) is 0 Å². The molecule has 0 aliphatic heterocycles. The Morgan fingerprint density at radius 2 is 1.35 bits per heavy atom. The van der Waals surface area contributed by atoms with Gasteiger partial charge in [0.25, 0.3) is 0 Å². The van der Waals surface area contributed by atoms with Gasteiger partial charge in [-0.25, -0.2) is 0 Å². The van der Waals surface area contributed by atoms with Crippen LogP contribution < -0.4 is 5.32 Å². The van der Waals surface area contributed by atoms with Crippen molar-refractivity contribution in [2.75, 3.05) is 5.32 Å². The summed E-state index contributed by atoms with van der Waals surface area (Å²) < 4.78 is 2.65. The lowest BCUT2D eigenvalue weighted by atomic mass is 10.0. The van der Waals surface area contributed by atoms with Crippen LogP contribution in [0.5, 0.6) is 0 Å². The van der Waals surface area contributed by atoms with E-state index in [0.29, 0.717) is 0 Å². The maximum Gasteiger partial charge on any atom is 0.0478 e. The van der Waals surface area contributed by atoms with Crippen LogP contribution in [0, 0.1) is 0 Å². The molecule has 124 valence electrons. The highest BCUT2D eigenvalue weighted by atomic mass is 32.1. The maximum absolute atomic E-state index is 3.59. The normalized spacial score (nSPS) is 11.1. The van der Waals surface area contributed by atoms with Gasteiger partial charge < -0.3 is 5.32 Å². The Bertz CT molecular complexity index is 1190. The Morgan fingerprint density at radius 3 is 2.15 bits per heavy atom. The molecule has 1 heterocycles. The molecule has 0 aliphatic carbocycles. The monoisotopic (exact) mass is 351 g/mol. The maximum atomic E-state index is 3.59. The molecule has 5 aromatic rings. The van der Waals surface area contributed by atoms with Gasteiger partial charge in [-0.05, 0) is 35.4 Å². The zero-order valence-electron chi connectivity index (χ0n) is 14.1. The van der Waals surface area contributed by atoms with E-state index in [1.165, 1.54) is 31.3 Å². The minimum absolute atomic E-state index is 1.11. The van der Waals surface area contributed by atoms with Crippen LogP contribution in [0.3, 0.4) is 0 Å². The van der Waals surface area contributed by atoms with Crippen LogP contribution >= 0.6 is 11.3 Å². The van der Waals surface area contributed by atoms with Gasteiger partial charge in [-0.3, -0.25) is 0 Å². The molecule has 0 fully saturated rings. The molecule has 0 saturated carbocycles. The van der Waals surface area contributed by atoms with Crippen molar-refractivity contribution in [2.24, 2.45) is 0 Å². The summed E-state index contributed by atoms with van der Waals surface area (Å²) in [6, 6.07) is 34.1. The molecule has 0 amide bonds. The number of anilines is 2. The lowest BCUT2D eigenvalue weighted by Crippen LogP contribution is -1.89. The molecule has 0 bridgehead atoms. The SMILES string of the molecule is c1ccc(Nc2cccc3sc4c(-c5ccccc5)cccc4c23)cc1. The summed E-state index contributed by atoms with van der Waals surface area (Å²) in [5.41, 5.74) is 4.83. The van der Waals surface area contributed by atoms with Crippen LogP contribution in [0.15, 0.2) is 97.1 Å². The van der Waals surface area contributed by atoms with Gasteiger partial charge in [0.1, 0.15) is 0 Å². The first-order valence-corrected chi connectivity index (χ1v) is 9.53. The molecule has 1 aromatic heterocycles. The molecule has 0 saturated heterocycles. The Balaban J connectivity index is 1.75. The highest BCUT2D eigenvalue weighted by Gasteiger charge is 2.13. The summed E-state index contributed by atoms with van der Waals surface area (Å²) in [7, 11) is 0. The summed E-state index contributed by atoms with van der Waals surface area (Å²) in [5.74, 6) is 0. The van der Waals surface area contributed by atoms with Gasteiger partial charge in [0, 0.05) is 31.5 Å². The third kappa shape index (κ3) is 2.56. The number of rotatable bonds is 3. The summed E-state index contributed by atoms with van der Waals surface area (Å²) >= 11 is 1.87. The zero-order valence-corrected chi connectivity index (χ0v) is 15.0. The number of nitrogens with one attached hydrogen (secondary N) is 1. The second kappa shape index (κ2) is 6.32. The number of hydrogen-bond acceptors (Lipinski definition) is 2. The molecule has 1 nitrogen and oxygen atoms in total. The summed E-state index contributed by atoms with van der Waals surface area (Å²) in [5, 5.41) is 6.20. The molecule has 4 aromatic carbocycles. The Labute approximate surface area is 156 Å². The molecule has 0 unspecified atom stereocenters. The quantitative estimate of drug-likeness (QED) is 0.355. The van der Waals surface area contributed by atoms with E-state index in [0.717, 1.165) is 11.4 Å². The molecule has 1 N–H and O–H groups in total. The standard InChI is InChI=1S/C24H17NS/c1-3-9-17(10-4-1)19-13-7-14-20-23-21(25-18-11-5-2-6-12-18)15-8-16-22(23)26-24(19)20/h1-16,25H. The van der Waals surface area contributed by atoms with Crippen molar-refractivity contribution >= 4 is 42.9 Å². The van der Waals surface area contributed by atoms with Gasteiger partial charge in [-0.1, -0.05) is 72.8 Å². The second-order valence-electron chi connectivity index (χ2n) is 6.32. The van der Waals surface area contributed by atoms with Crippen molar-refractivity contribution in [3.8, 4) is 11.1 Å². The fraction of sp³-hybridized carbons (Fsp3) is 0. The van der Waals surface area contributed by atoms with E-state index in [-0.39, 0.29) is 0 Å². The van der Waals surface area contributed by atoms with Gasteiger partial charge in [0.15, 0.2) is 0 Å². The summed E-state index contributed by atoms with van der Waals surface area (Å²) in [4.78, 5) is 0. The predicted octanol–water partition coefficient (Wildman–Crippen LogP) is 7.47. The van der Waals surface area contributed by atoms with Gasteiger partial charge in [0.2, 0.25) is 0 Å². The topological polar surface area (TPSA) is 12.0 Å². The molecule has 0 atom stereocenters. The number of fused-ring (bicyclic) bond motifs is 3. The van der Waals surface area contributed by atoms with Crippen LogP contribution in [0.1, 0.15) is 0 Å². The van der Waals surface area contributed by atoms with Gasteiger partial charge in [-0.15, -0.1) is 11.3 Å². The van der Waals surface area contributed by atoms with Gasteiger partial charge in [-0.2, -0.15) is 0 Å². The molecule has 5 rings (SSSR count). The first kappa shape index (κ1) is 15.2. The highest BCUT2D eigenvalue weighted by molar-refractivity contribution is 7.26. The van der Waals surface area contributed by atoms with Crippen molar-refractivity contribution in [3.63, 3.8) is 0 Å². The van der Waals surface area contributed by atoms with E-state index in [4.69, 9.17) is 0 Å². The first-order chi connectivity index (χ1) is 12.9. The van der Waals surface area contributed by atoms with Crippen molar-refractivity contribution in [2.45, 2.75) is 0 Å². The number of benzene rings is 4. The third-order valence-electron chi connectivity index (χ3n) is 4.66. The Hall–Kier alpha value is -3.10. The average molecular weight is 351 g/mol. The predicted molar refractivity (Wildman–Crippen MR) is 114 cm³/mol. The van der Waals surface area contributed by atoms with Crippen molar-refractivity contribution in [3.05, 3.63) is 97.1 Å². The molecule has 26 heavy (non-hydrogen) atoms. The van der Waals surface area contributed by atoms with Crippen molar-refractivity contribution < 1.29 is 0 Å². The molecular weight excluding hydrogens is 334 g/mol. The lowest BCUT2D eigenvalue weighted by molar-refractivity contribution is 1.59. The highest BCUT2D eigenvalue weighted by Crippen LogP contribution is 2.43. The molecule has 0 aliphatic rings. The van der Waals surface area contributed by atoms with Crippen LogP contribution in [0.4, 0.5) is 11.4 Å². The van der Waals surface area contributed by atoms with Crippen LogP contribution in [-0.2, 0) is 0 Å². The second-order valence-corrected chi connectivity index (χ2v) is 7.37. The van der Waals surface area contributed by atoms with E-state index in [2.05, 4.69) is 96.3 Å². The van der Waals surface area contributed by atoms with E-state index in [1.54, 1.807) is 0 Å². The van der Waals surface area contributed by atoms with E-state index >= 15 is 0 Å². The molecular formula is C24H17NS. The fourth-order valence-corrected chi connectivity index (χ4v) is 4.74. The number of para-hydroxylation sites is 1. The minimum atomic E-state index is 1.11. The number of thiophene rings is 1. The van der Waals surface area contributed by atoms with Crippen molar-refractivity contribution in [1.29, 1.82) is 0 Å². The Kier molecular flexibility index (Phi) is 3.69. The fourth-order valence-electron chi connectivity index (χ4n) is 3.47. The van der Waals surface area contributed by atoms with Gasteiger partial charge in [0.05, 0.1) is 0 Å². The summed E-state index contributed by atoms with van der Waals surface area (Å²) in [6.07, 6.45) is 0. The van der Waals surface area contributed by atoms with E-state index in [1.807, 2.05) is 17.4 Å². The lowest BCUT2D eigenvalue weighted by Gasteiger charge is -2.08. The smallest absolute Gasteiger partial charge is 0.0478 e. The minimum Gasteiger partial charge on any atom is -0.355 e.